The molecule has 1 aromatic carbocycles. The molecule has 0 saturated heterocycles. The van der Waals surface area contributed by atoms with Gasteiger partial charge in [0, 0.05) is 6.42 Å². The Bertz CT molecular complexity index is 301. The minimum absolute atomic E-state index is 0.233. The van der Waals surface area contributed by atoms with E-state index in [1.54, 1.807) is 19.1 Å². The van der Waals surface area contributed by atoms with Crippen molar-refractivity contribution in [1.82, 2.24) is 0 Å². The molecular weight excluding hydrogens is 176 g/mol. The second-order valence-corrected chi connectivity index (χ2v) is 3.88. The lowest BCUT2D eigenvalue weighted by atomic mass is 9.96. The third-order valence-electron chi connectivity index (χ3n) is 2.16. The van der Waals surface area contributed by atoms with Gasteiger partial charge in [0.25, 0.3) is 0 Å². The highest BCUT2D eigenvalue weighted by molar-refractivity contribution is 5.75. The zero-order valence-corrected chi connectivity index (χ0v) is 8.66. The van der Waals surface area contributed by atoms with Gasteiger partial charge in [0.2, 0.25) is 0 Å². The summed E-state index contributed by atoms with van der Waals surface area (Å²) >= 11 is 0. The zero-order chi connectivity index (χ0) is 10.6. The molecular formula is C12H16O2. The molecule has 2 nitrogen and oxygen atoms in total. The van der Waals surface area contributed by atoms with Crippen LogP contribution in [0.5, 0.6) is 5.75 Å². The molecule has 0 fully saturated rings. The number of phenolic OH excluding ortho intramolecular Hbond substituents is 1. The average Bonchev–Trinajstić information content (AvgIpc) is 2.07. The number of carbonyl (C=O) groups is 1. The highest BCUT2D eigenvalue weighted by Gasteiger charge is 2.06. The fraction of sp³-hybridized carbons (Fsp3) is 0.417. The first kappa shape index (κ1) is 10.8. The third-order valence-corrected chi connectivity index (χ3v) is 2.16. The third kappa shape index (κ3) is 3.60. The van der Waals surface area contributed by atoms with Crippen LogP contribution in [-0.4, -0.2) is 10.9 Å². The number of benzene rings is 1. The lowest BCUT2D eigenvalue weighted by Gasteiger charge is -2.08. The molecule has 0 amide bonds. The minimum atomic E-state index is 0.233. The zero-order valence-electron chi connectivity index (χ0n) is 8.66. The van der Waals surface area contributed by atoms with Crippen LogP contribution in [-0.2, 0) is 11.2 Å². The summed E-state index contributed by atoms with van der Waals surface area (Å²) in [4.78, 5) is 10.9. The van der Waals surface area contributed by atoms with Crippen molar-refractivity contribution in [2.75, 3.05) is 0 Å². The van der Waals surface area contributed by atoms with E-state index in [-0.39, 0.29) is 11.5 Å². The normalized spacial score (nSPS) is 12.4. The molecule has 0 aromatic heterocycles. The predicted molar refractivity (Wildman–Crippen MR) is 56.3 cm³/mol. The second-order valence-electron chi connectivity index (χ2n) is 3.88. The van der Waals surface area contributed by atoms with Crippen molar-refractivity contribution in [3.63, 3.8) is 0 Å². The Morgan fingerprint density at radius 1 is 1.36 bits per heavy atom. The summed E-state index contributed by atoms with van der Waals surface area (Å²) in [5.41, 5.74) is 1.16. The van der Waals surface area contributed by atoms with Crippen molar-refractivity contribution in [3.8, 4) is 5.75 Å². The molecule has 1 N–H and O–H groups in total. The number of ketones is 1. The van der Waals surface area contributed by atoms with E-state index >= 15 is 0 Å². The Morgan fingerprint density at radius 2 is 1.93 bits per heavy atom. The minimum Gasteiger partial charge on any atom is -0.508 e. The molecule has 0 saturated carbocycles. The average molecular weight is 192 g/mol. The molecule has 2 heteroatoms. The van der Waals surface area contributed by atoms with E-state index in [0.29, 0.717) is 12.3 Å². The van der Waals surface area contributed by atoms with Crippen molar-refractivity contribution in [2.24, 2.45) is 5.92 Å². The summed E-state index contributed by atoms with van der Waals surface area (Å²) in [6, 6.07) is 7.14. The van der Waals surface area contributed by atoms with Gasteiger partial charge in [-0.1, -0.05) is 19.1 Å². The number of hydrogen-bond acceptors (Lipinski definition) is 2. The summed E-state index contributed by atoms with van der Waals surface area (Å²) < 4.78 is 0. The molecule has 0 spiro atoms. The lowest BCUT2D eigenvalue weighted by Crippen LogP contribution is -2.04. The maximum atomic E-state index is 10.9. The number of carbonyl (C=O) groups excluding carboxylic acids is 1. The molecule has 0 unspecified atom stereocenters. The lowest BCUT2D eigenvalue weighted by molar-refractivity contribution is -0.117. The van der Waals surface area contributed by atoms with Crippen molar-refractivity contribution in [1.29, 1.82) is 0 Å². The molecule has 0 aliphatic heterocycles. The topological polar surface area (TPSA) is 37.3 Å². The van der Waals surface area contributed by atoms with Gasteiger partial charge in [-0.3, -0.25) is 0 Å². The fourth-order valence-corrected chi connectivity index (χ4v) is 1.60. The van der Waals surface area contributed by atoms with Gasteiger partial charge in [-0.15, -0.1) is 0 Å². The summed E-state index contributed by atoms with van der Waals surface area (Å²) in [5.74, 6) is 0.890. The van der Waals surface area contributed by atoms with Crippen LogP contribution in [0.2, 0.25) is 0 Å². The molecule has 14 heavy (non-hydrogen) atoms. The molecule has 1 atom stereocenters. The summed E-state index contributed by atoms with van der Waals surface area (Å²) in [7, 11) is 0. The van der Waals surface area contributed by atoms with Gasteiger partial charge >= 0.3 is 0 Å². The van der Waals surface area contributed by atoms with Crippen LogP contribution in [0.15, 0.2) is 24.3 Å². The molecule has 76 valence electrons. The quantitative estimate of drug-likeness (QED) is 0.796. The van der Waals surface area contributed by atoms with Crippen LogP contribution >= 0.6 is 0 Å². The smallest absolute Gasteiger partial charge is 0.130 e. The van der Waals surface area contributed by atoms with E-state index in [4.69, 9.17) is 5.11 Å². The van der Waals surface area contributed by atoms with Crippen LogP contribution in [0.4, 0.5) is 0 Å². The number of phenols is 1. The van der Waals surface area contributed by atoms with E-state index in [9.17, 15) is 4.79 Å². The highest BCUT2D eigenvalue weighted by Crippen LogP contribution is 2.15. The van der Waals surface area contributed by atoms with Crippen molar-refractivity contribution in [2.45, 2.75) is 26.7 Å². The van der Waals surface area contributed by atoms with E-state index in [2.05, 4.69) is 6.92 Å². The molecule has 0 heterocycles. The maximum Gasteiger partial charge on any atom is 0.130 e. The van der Waals surface area contributed by atoms with Crippen LogP contribution in [0, 0.1) is 5.92 Å². The maximum absolute atomic E-state index is 10.9. The van der Waals surface area contributed by atoms with Gasteiger partial charge in [-0.05, 0) is 37.0 Å². The largest absolute Gasteiger partial charge is 0.508 e. The SMILES string of the molecule is CC(=O)C[C@@H](C)Cc1ccc(O)cc1. The second kappa shape index (κ2) is 4.80. The van der Waals surface area contributed by atoms with E-state index in [1.165, 1.54) is 0 Å². The van der Waals surface area contributed by atoms with E-state index < -0.39 is 0 Å². The number of aromatic hydroxyl groups is 1. The van der Waals surface area contributed by atoms with Gasteiger partial charge in [0.05, 0.1) is 0 Å². The first-order valence-corrected chi connectivity index (χ1v) is 4.85. The van der Waals surface area contributed by atoms with Crippen molar-refractivity contribution in [3.05, 3.63) is 29.8 Å². The number of rotatable bonds is 4. The summed E-state index contributed by atoms with van der Waals surface area (Å²) in [6.45, 7) is 3.68. The van der Waals surface area contributed by atoms with Crippen molar-refractivity contribution < 1.29 is 9.90 Å². The number of Topliss-reactive ketones (excluding diaryl/α,β-unsaturated/α-hetero) is 1. The van der Waals surface area contributed by atoms with Gasteiger partial charge in [-0.2, -0.15) is 0 Å². The molecule has 0 aliphatic rings. The molecule has 0 aliphatic carbocycles. The fourth-order valence-electron chi connectivity index (χ4n) is 1.60. The molecule has 0 bridgehead atoms. The van der Waals surface area contributed by atoms with Crippen LogP contribution < -0.4 is 0 Å². The van der Waals surface area contributed by atoms with E-state index in [1.807, 2.05) is 12.1 Å². The van der Waals surface area contributed by atoms with Gasteiger partial charge < -0.3 is 9.90 Å². The van der Waals surface area contributed by atoms with Crippen LogP contribution in [0.1, 0.15) is 25.8 Å². The number of hydrogen-bond donors (Lipinski definition) is 1. The standard InChI is InChI=1S/C12H16O2/c1-9(7-10(2)13)8-11-3-5-12(14)6-4-11/h3-6,9,14H,7-8H2,1-2H3/t9-/m1/s1. The highest BCUT2D eigenvalue weighted by atomic mass is 16.3. The first-order chi connectivity index (χ1) is 6.58. The summed E-state index contributed by atoms with van der Waals surface area (Å²) in [6.07, 6.45) is 1.51. The van der Waals surface area contributed by atoms with Gasteiger partial charge in [-0.25, -0.2) is 0 Å². The Kier molecular flexibility index (Phi) is 3.69. The monoisotopic (exact) mass is 192 g/mol. The molecule has 1 rings (SSSR count). The predicted octanol–water partition coefficient (Wildman–Crippen LogP) is 2.55. The van der Waals surface area contributed by atoms with Crippen molar-refractivity contribution >= 4 is 5.78 Å². The summed E-state index contributed by atoms with van der Waals surface area (Å²) in [5, 5.41) is 9.08. The Labute approximate surface area is 84.6 Å². The first-order valence-electron chi connectivity index (χ1n) is 4.85. The molecule has 0 radical (unpaired) electrons. The Hall–Kier alpha value is -1.31. The van der Waals surface area contributed by atoms with E-state index in [0.717, 1.165) is 12.0 Å². The Morgan fingerprint density at radius 3 is 2.43 bits per heavy atom. The molecule has 1 aromatic rings. The van der Waals surface area contributed by atoms with Gasteiger partial charge in [0.1, 0.15) is 11.5 Å². The Balaban J connectivity index is 2.51. The van der Waals surface area contributed by atoms with Gasteiger partial charge in [0.15, 0.2) is 0 Å². The van der Waals surface area contributed by atoms with Crippen LogP contribution in [0.3, 0.4) is 0 Å². The van der Waals surface area contributed by atoms with Crippen LogP contribution in [0.25, 0.3) is 0 Å².